The van der Waals surface area contributed by atoms with Gasteiger partial charge in [-0.15, -0.1) is 6.42 Å². The quantitative estimate of drug-likeness (QED) is 0.0965. The SMILES string of the molecule is C#CCO.CC.CC.CC.CCC(C)C(=O)O.CCC(C)C(C)=O.CCC(C)C(C)=O.O=S(=O)(Oc1ccccc1)C(F)(F)F.OCC#Cc1ccccc1.OCC#Cc1ccccc1.[Ar].[Ar].[Ar]. The molecule has 0 radical (unpaired) electrons. The Morgan fingerprint density at radius 2 is 0.853 bits per heavy atom. The summed E-state index contributed by atoms with van der Waals surface area (Å²) < 4.78 is 60.2. The van der Waals surface area contributed by atoms with Crippen LogP contribution in [0.25, 0.3) is 0 Å². The van der Waals surface area contributed by atoms with Gasteiger partial charge in [0.1, 0.15) is 37.1 Å². The Morgan fingerprint density at radius 3 is 1.01 bits per heavy atom. The van der Waals surface area contributed by atoms with Crippen molar-refractivity contribution in [3.05, 3.63) is 102 Å². The minimum atomic E-state index is -5.55. The van der Waals surface area contributed by atoms with Gasteiger partial charge in [0.25, 0.3) is 0 Å². The third kappa shape index (κ3) is 64.3. The summed E-state index contributed by atoms with van der Waals surface area (Å²) in [6.07, 6.45) is 7.18. The van der Waals surface area contributed by atoms with Crippen molar-refractivity contribution >= 4 is 27.7 Å². The smallest absolute Gasteiger partial charge is 0.481 e. The molecule has 3 aromatic rings. The minimum Gasteiger partial charge on any atom is -0.481 e. The van der Waals surface area contributed by atoms with Crippen molar-refractivity contribution in [2.45, 2.75) is 122 Å². The number of alkyl halides is 3. The van der Waals surface area contributed by atoms with Crippen LogP contribution in [0, 0.1) is 167 Å². The second-order valence-electron chi connectivity index (χ2n) is 11.8. The first-order chi connectivity index (χ1) is 30.6. The van der Waals surface area contributed by atoms with Gasteiger partial charge in [-0.1, -0.05) is 167 Å². The van der Waals surface area contributed by atoms with Gasteiger partial charge in [-0.05, 0) is 69.5 Å². The van der Waals surface area contributed by atoms with Gasteiger partial charge in [0.2, 0.25) is 0 Å². The number of rotatable bonds is 8. The maximum absolute atomic E-state index is 11.8. The largest absolute Gasteiger partial charge is 0.534 e. The molecule has 0 bridgehead atoms. The number of ketones is 2. The molecule has 10 nitrogen and oxygen atoms in total. The van der Waals surface area contributed by atoms with Crippen molar-refractivity contribution in [3.8, 4) is 41.8 Å². The summed E-state index contributed by atoms with van der Waals surface area (Å²) in [7, 11) is -5.55. The standard InChI is InChI=1S/2C9H8O.C7H5F3O3S.2C6H12O.C5H10O2.C3H4O.3C2H6.3Ar/c2*10-8-4-7-9-5-2-1-3-6-9;8-7(9,10)14(11,12)13-6-4-2-1-3-5-6;2*1-4-5(2)6(3)7;1-3-4(2)5(6)7;1-2-3-4;3*1-2;;;/h2*1-3,5-6,10H,8H2;1-5H;2*5H,4H2,1-3H3;4H,3H2,1-2H3,(H,6,7);1,4H,3H2;3*1-2H3;;;. The molecule has 0 aromatic heterocycles. The number of aliphatic hydroxyl groups excluding tert-OH is 3. The van der Waals surface area contributed by atoms with Gasteiger partial charge in [-0.2, -0.15) is 21.6 Å². The molecule has 4 N–H and O–H groups in total. The van der Waals surface area contributed by atoms with E-state index in [1.807, 2.05) is 143 Å². The summed E-state index contributed by atoms with van der Waals surface area (Å²) in [5.41, 5.74) is -3.52. The zero-order valence-electron chi connectivity index (χ0n) is 42.1. The van der Waals surface area contributed by atoms with Gasteiger partial charge in [-0.3, -0.25) is 14.4 Å². The van der Waals surface area contributed by atoms with E-state index < -0.39 is 21.6 Å². The van der Waals surface area contributed by atoms with Crippen LogP contribution in [0.2, 0.25) is 0 Å². The van der Waals surface area contributed by atoms with Crippen LogP contribution in [-0.2, 0) is 24.5 Å². The molecule has 0 saturated carbocycles. The number of aliphatic carboxylic acids is 1. The van der Waals surface area contributed by atoms with E-state index >= 15 is 0 Å². The van der Waals surface area contributed by atoms with Gasteiger partial charge in [0.05, 0.1) is 5.92 Å². The molecule has 3 atom stereocenters. The Bertz CT molecular complexity index is 1720. The van der Waals surface area contributed by atoms with Crippen LogP contribution in [-0.4, -0.2) is 71.7 Å². The number of halogens is 3. The van der Waals surface area contributed by atoms with Crippen LogP contribution >= 0.6 is 0 Å². The summed E-state index contributed by atoms with van der Waals surface area (Å²) in [5.74, 6) is 12.6. The average molecular weight is 1060 g/mol. The topological polar surface area (TPSA) is 175 Å². The van der Waals surface area contributed by atoms with Crippen LogP contribution in [0.15, 0.2) is 91.0 Å². The molecule has 0 amide bonds. The van der Waals surface area contributed by atoms with Crippen molar-refractivity contribution in [2.24, 2.45) is 17.8 Å². The fourth-order valence-corrected chi connectivity index (χ4v) is 3.18. The van der Waals surface area contributed by atoms with Crippen molar-refractivity contribution in [2.75, 3.05) is 19.8 Å². The molecular weight excluding hydrogens is 981 g/mol. The van der Waals surface area contributed by atoms with E-state index in [1.54, 1.807) is 20.8 Å². The maximum Gasteiger partial charge on any atom is 0.534 e. The van der Waals surface area contributed by atoms with Crippen molar-refractivity contribution in [1.82, 2.24) is 0 Å². The monoisotopic (exact) mass is 1060 g/mol. The molecule has 3 aromatic carbocycles. The molecule has 0 saturated heterocycles. The predicted molar refractivity (Wildman–Crippen MR) is 260 cm³/mol. The Balaban J connectivity index is -0.0000000719. The number of terminal acetylenes is 1. The van der Waals surface area contributed by atoms with Crippen molar-refractivity contribution in [3.63, 3.8) is 0 Å². The Kier molecular flexibility index (Phi) is 85.8. The van der Waals surface area contributed by atoms with Crippen molar-refractivity contribution < 1.29 is 174 Å². The number of carbonyl (C=O) groups is 3. The number of carboxylic acids is 1. The maximum atomic E-state index is 11.8. The van der Waals surface area contributed by atoms with E-state index in [2.05, 4.69) is 34.3 Å². The first-order valence-corrected chi connectivity index (χ1v) is 22.7. The third-order valence-corrected chi connectivity index (χ3v) is 8.12. The van der Waals surface area contributed by atoms with Gasteiger partial charge >= 0.3 is 21.6 Å². The summed E-state index contributed by atoms with van der Waals surface area (Å²) in [5, 5.41) is 32.5. The zero-order chi connectivity index (χ0) is 52.3. The molecule has 17 heteroatoms. The van der Waals surface area contributed by atoms with E-state index in [4.69, 9.17) is 20.4 Å². The number of hydrogen-bond acceptors (Lipinski definition) is 9. The van der Waals surface area contributed by atoms with Gasteiger partial charge in [0, 0.05) is 136 Å². The molecule has 3 rings (SSSR count). The number of hydrogen-bond donors (Lipinski definition) is 4. The molecule has 0 aliphatic rings. The molecule has 0 heterocycles. The number of benzene rings is 3. The zero-order valence-corrected chi connectivity index (χ0v) is 45.0. The summed E-state index contributed by atoms with van der Waals surface area (Å²) in [6, 6.07) is 25.6. The van der Waals surface area contributed by atoms with Crippen molar-refractivity contribution in [1.29, 1.82) is 0 Å². The van der Waals surface area contributed by atoms with Crippen LogP contribution in [0.3, 0.4) is 0 Å². The summed E-state index contributed by atoms with van der Waals surface area (Å²) >= 11 is 0. The van der Waals surface area contributed by atoms with Gasteiger partial charge in [-0.25, -0.2) is 0 Å². The van der Waals surface area contributed by atoms with Gasteiger partial charge in [0.15, 0.2) is 0 Å². The molecule has 68 heavy (non-hydrogen) atoms. The molecule has 3 unspecified atom stereocenters. The molecular formula is C51H77Ar3F3O10S. The summed E-state index contributed by atoms with van der Waals surface area (Å²) in [6.45, 7) is 26.5. The Hall–Kier alpha value is -1.65. The average Bonchev–Trinajstić information content (AvgIpc) is 3.32. The number of carbonyl (C=O) groups excluding carboxylic acids is 2. The van der Waals surface area contributed by atoms with Crippen LogP contribution in [0.5, 0.6) is 5.75 Å². The molecule has 0 spiro atoms. The molecule has 0 aliphatic carbocycles. The number of carboxylic acid groups (broad SMARTS) is 1. The third-order valence-electron chi connectivity index (χ3n) is 7.14. The van der Waals surface area contributed by atoms with Gasteiger partial charge < -0.3 is 24.6 Å². The van der Waals surface area contributed by atoms with E-state index in [1.165, 1.54) is 18.2 Å². The second-order valence-corrected chi connectivity index (χ2v) is 13.3. The minimum absolute atomic E-state index is 0. The molecule has 0 fully saturated rings. The first kappa shape index (κ1) is 89.2. The summed E-state index contributed by atoms with van der Waals surface area (Å²) in [4.78, 5) is 30.7. The predicted octanol–water partition coefficient (Wildman–Crippen LogP) is 11.0. The Labute approximate surface area is 498 Å². The number of para-hydroxylation sites is 1. The molecule has 0 aliphatic heterocycles. The fraction of sp³-hybridized carbons (Fsp3) is 0.471. The Morgan fingerprint density at radius 1 is 0.588 bits per heavy atom. The molecule has 392 valence electrons. The normalized spacial score (nSPS) is 9.69. The number of Topliss-reactive ketones (excluding diaryl/α,β-unsaturated/α-hetero) is 2. The van der Waals surface area contributed by atoms with E-state index in [0.29, 0.717) is 11.6 Å². The van der Waals surface area contributed by atoms with Crippen LogP contribution < -0.4 is 4.18 Å². The fourth-order valence-electron chi connectivity index (χ4n) is 2.73. The van der Waals surface area contributed by atoms with Crippen LogP contribution in [0.1, 0.15) is 127 Å². The first-order valence-electron chi connectivity index (χ1n) is 21.3. The van der Waals surface area contributed by atoms with E-state index in [9.17, 15) is 36.0 Å². The van der Waals surface area contributed by atoms with Crippen LogP contribution in [0.4, 0.5) is 13.2 Å². The van der Waals surface area contributed by atoms with E-state index in [-0.39, 0.29) is 157 Å². The van der Waals surface area contributed by atoms with E-state index in [0.717, 1.165) is 42.5 Å². The second kappa shape index (κ2) is 65.3. The number of aliphatic hydroxyl groups is 3.